The Morgan fingerprint density at radius 3 is 2.52 bits per heavy atom. The number of benzene rings is 2. The van der Waals surface area contributed by atoms with Crippen LogP contribution in [0, 0.1) is 5.92 Å². The van der Waals surface area contributed by atoms with Gasteiger partial charge >= 0.3 is 0 Å². The molecule has 0 saturated carbocycles. The van der Waals surface area contributed by atoms with Crippen molar-refractivity contribution in [3.63, 3.8) is 0 Å². The van der Waals surface area contributed by atoms with Crippen LogP contribution in [0.1, 0.15) is 48.8 Å². The lowest BCUT2D eigenvalue weighted by Crippen LogP contribution is -2.42. The molecule has 0 radical (unpaired) electrons. The van der Waals surface area contributed by atoms with Crippen molar-refractivity contribution in [1.82, 2.24) is 15.1 Å². The number of carbonyl (C=O) groups is 1. The van der Waals surface area contributed by atoms with Crippen molar-refractivity contribution in [2.24, 2.45) is 5.92 Å². The van der Waals surface area contributed by atoms with Crippen molar-refractivity contribution >= 4 is 17.5 Å². The monoisotopic (exact) mass is 439 g/mol. The van der Waals surface area contributed by atoms with Crippen LogP contribution >= 0.6 is 11.6 Å². The van der Waals surface area contributed by atoms with Crippen LogP contribution in [0.4, 0.5) is 0 Å². The first-order valence-corrected chi connectivity index (χ1v) is 12.1. The molecule has 1 N–H and O–H groups in total. The van der Waals surface area contributed by atoms with Crippen molar-refractivity contribution in [2.45, 2.75) is 51.7 Å². The van der Waals surface area contributed by atoms with Crippen LogP contribution < -0.4 is 5.32 Å². The summed E-state index contributed by atoms with van der Waals surface area (Å²) in [5.74, 6) is 0.220. The van der Waals surface area contributed by atoms with E-state index in [0.717, 1.165) is 49.6 Å². The van der Waals surface area contributed by atoms with Crippen molar-refractivity contribution in [2.75, 3.05) is 26.2 Å². The predicted molar refractivity (Wildman–Crippen MR) is 127 cm³/mol. The van der Waals surface area contributed by atoms with Crippen LogP contribution in [0.3, 0.4) is 0 Å². The molecular weight excluding hydrogens is 406 g/mol. The summed E-state index contributed by atoms with van der Waals surface area (Å²) in [4.78, 5) is 17.8. The average molecular weight is 440 g/mol. The summed E-state index contributed by atoms with van der Waals surface area (Å²) in [5, 5.41) is 3.99. The van der Waals surface area contributed by atoms with E-state index in [1.807, 2.05) is 18.2 Å². The number of amides is 1. The number of nitrogens with zero attached hydrogens (tertiary/aromatic N) is 2. The Morgan fingerprint density at radius 2 is 1.68 bits per heavy atom. The van der Waals surface area contributed by atoms with Gasteiger partial charge in [-0.25, -0.2) is 0 Å². The third-order valence-corrected chi connectivity index (χ3v) is 6.91. The standard InChI is InChI=1S/C26H34ClN3O/c27-25-12-3-2-10-23(25)19-30-15-7-11-24(20-30)26(31)28-17-21-8-6-9-22(16-21)18-29-13-4-1-5-14-29/h2-3,6,8-10,12,16,24H,1,4-5,7,11,13-15,17-20H2,(H,28,31). The van der Waals surface area contributed by atoms with Crippen LogP contribution in [-0.4, -0.2) is 41.9 Å². The van der Waals surface area contributed by atoms with E-state index in [1.165, 1.54) is 43.5 Å². The topological polar surface area (TPSA) is 35.6 Å². The molecule has 31 heavy (non-hydrogen) atoms. The van der Waals surface area contributed by atoms with Gasteiger partial charge in [-0.2, -0.15) is 0 Å². The fourth-order valence-electron chi connectivity index (χ4n) is 4.83. The van der Waals surface area contributed by atoms with Gasteiger partial charge in [0.2, 0.25) is 5.91 Å². The lowest BCUT2D eigenvalue weighted by Gasteiger charge is -2.32. The first kappa shape index (κ1) is 22.3. The van der Waals surface area contributed by atoms with Crippen LogP contribution in [0.25, 0.3) is 0 Å². The molecular formula is C26H34ClN3O. The summed E-state index contributed by atoms with van der Waals surface area (Å²) in [5.41, 5.74) is 3.67. The van der Waals surface area contributed by atoms with Gasteiger partial charge in [-0.05, 0) is 68.1 Å². The lowest BCUT2D eigenvalue weighted by atomic mass is 9.96. The maximum Gasteiger partial charge on any atom is 0.224 e. The predicted octanol–water partition coefficient (Wildman–Crippen LogP) is 4.85. The van der Waals surface area contributed by atoms with E-state index in [0.29, 0.717) is 6.54 Å². The van der Waals surface area contributed by atoms with Gasteiger partial charge in [0.1, 0.15) is 0 Å². The highest BCUT2D eigenvalue weighted by Gasteiger charge is 2.26. The number of rotatable bonds is 7. The fourth-order valence-corrected chi connectivity index (χ4v) is 5.02. The molecule has 0 spiro atoms. The third kappa shape index (κ3) is 6.55. The lowest BCUT2D eigenvalue weighted by molar-refractivity contribution is -0.126. The molecule has 2 aromatic carbocycles. The molecule has 1 atom stereocenters. The SMILES string of the molecule is O=C(NCc1cccc(CN2CCCCC2)c1)C1CCCN(Cc2ccccc2Cl)C1. The molecule has 5 heteroatoms. The summed E-state index contributed by atoms with van der Waals surface area (Å²) < 4.78 is 0. The quantitative estimate of drug-likeness (QED) is 0.669. The van der Waals surface area contributed by atoms with Crippen molar-refractivity contribution in [1.29, 1.82) is 0 Å². The molecule has 2 aromatic rings. The fraction of sp³-hybridized carbons (Fsp3) is 0.500. The first-order valence-electron chi connectivity index (χ1n) is 11.7. The van der Waals surface area contributed by atoms with Crippen molar-refractivity contribution in [3.05, 3.63) is 70.2 Å². The van der Waals surface area contributed by atoms with Crippen LogP contribution in [-0.2, 0) is 24.4 Å². The second kappa shape index (κ2) is 11.1. The molecule has 0 aliphatic carbocycles. The summed E-state index contributed by atoms with van der Waals surface area (Å²) >= 11 is 6.33. The van der Waals surface area contributed by atoms with Gasteiger partial charge in [0, 0.05) is 31.2 Å². The smallest absolute Gasteiger partial charge is 0.224 e. The number of nitrogens with one attached hydrogen (secondary N) is 1. The highest BCUT2D eigenvalue weighted by molar-refractivity contribution is 6.31. The van der Waals surface area contributed by atoms with E-state index >= 15 is 0 Å². The zero-order valence-corrected chi connectivity index (χ0v) is 19.1. The van der Waals surface area contributed by atoms with Crippen LogP contribution in [0.15, 0.2) is 48.5 Å². The Hall–Kier alpha value is -1.88. The number of likely N-dealkylation sites (tertiary alicyclic amines) is 2. The number of hydrogen-bond acceptors (Lipinski definition) is 3. The zero-order valence-electron chi connectivity index (χ0n) is 18.4. The highest BCUT2D eigenvalue weighted by Crippen LogP contribution is 2.22. The molecule has 2 aliphatic rings. The molecule has 2 fully saturated rings. The maximum absolute atomic E-state index is 12.9. The maximum atomic E-state index is 12.9. The molecule has 166 valence electrons. The first-order chi connectivity index (χ1) is 15.2. The van der Waals surface area contributed by atoms with Gasteiger partial charge in [-0.15, -0.1) is 0 Å². The molecule has 2 heterocycles. The molecule has 2 saturated heterocycles. The van der Waals surface area contributed by atoms with Gasteiger partial charge < -0.3 is 5.32 Å². The highest BCUT2D eigenvalue weighted by atomic mass is 35.5. The third-order valence-electron chi connectivity index (χ3n) is 6.54. The minimum absolute atomic E-state index is 0.0489. The van der Waals surface area contributed by atoms with Gasteiger partial charge in [-0.1, -0.05) is 60.5 Å². The molecule has 1 unspecified atom stereocenters. The van der Waals surface area contributed by atoms with Crippen molar-refractivity contribution in [3.8, 4) is 0 Å². The van der Waals surface area contributed by atoms with Crippen molar-refractivity contribution < 1.29 is 4.79 Å². The van der Waals surface area contributed by atoms with Crippen LogP contribution in [0.2, 0.25) is 5.02 Å². The second-order valence-corrected chi connectivity index (χ2v) is 9.45. The van der Waals surface area contributed by atoms with Gasteiger partial charge in [-0.3, -0.25) is 14.6 Å². The van der Waals surface area contributed by atoms with E-state index in [2.05, 4.69) is 45.4 Å². The summed E-state index contributed by atoms with van der Waals surface area (Å²) in [6, 6.07) is 16.7. The molecule has 4 rings (SSSR count). The number of carbonyl (C=O) groups excluding carboxylic acids is 1. The molecule has 4 nitrogen and oxygen atoms in total. The van der Waals surface area contributed by atoms with E-state index in [1.54, 1.807) is 0 Å². The Bertz CT molecular complexity index is 865. The summed E-state index contributed by atoms with van der Waals surface area (Å²) in [6.07, 6.45) is 5.99. The molecule has 0 bridgehead atoms. The Morgan fingerprint density at radius 1 is 0.903 bits per heavy atom. The van der Waals surface area contributed by atoms with Gasteiger partial charge in [0.05, 0.1) is 5.92 Å². The van der Waals surface area contributed by atoms with E-state index in [-0.39, 0.29) is 11.8 Å². The largest absolute Gasteiger partial charge is 0.352 e. The number of piperidine rings is 2. The normalized spacial score (nSPS) is 20.5. The number of hydrogen-bond donors (Lipinski definition) is 1. The minimum atomic E-state index is 0.0489. The summed E-state index contributed by atoms with van der Waals surface area (Å²) in [7, 11) is 0. The van der Waals surface area contributed by atoms with Gasteiger partial charge in [0.15, 0.2) is 0 Å². The number of halogens is 1. The zero-order chi connectivity index (χ0) is 21.5. The van der Waals surface area contributed by atoms with Crippen LogP contribution in [0.5, 0.6) is 0 Å². The molecule has 1 amide bonds. The Labute approximate surface area is 191 Å². The van der Waals surface area contributed by atoms with Gasteiger partial charge in [0.25, 0.3) is 0 Å². The van der Waals surface area contributed by atoms with E-state index in [4.69, 9.17) is 11.6 Å². The molecule has 0 aromatic heterocycles. The minimum Gasteiger partial charge on any atom is -0.352 e. The average Bonchev–Trinajstić information content (AvgIpc) is 2.80. The van der Waals surface area contributed by atoms with E-state index < -0.39 is 0 Å². The Kier molecular flexibility index (Phi) is 8.01. The molecule has 2 aliphatic heterocycles. The second-order valence-electron chi connectivity index (χ2n) is 9.04. The van der Waals surface area contributed by atoms with E-state index in [9.17, 15) is 4.79 Å². The summed E-state index contributed by atoms with van der Waals surface area (Å²) in [6.45, 7) is 6.65. The Balaban J connectivity index is 1.27.